The van der Waals surface area contributed by atoms with Crippen molar-refractivity contribution in [2.75, 3.05) is 16.4 Å². The summed E-state index contributed by atoms with van der Waals surface area (Å²) in [5, 5.41) is 5.77. The first-order chi connectivity index (χ1) is 9.45. The van der Waals surface area contributed by atoms with E-state index < -0.39 is 0 Å². The summed E-state index contributed by atoms with van der Waals surface area (Å²) in [5.41, 5.74) is 7.38. The van der Waals surface area contributed by atoms with E-state index in [2.05, 4.69) is 15.6 Å². The van der Waals surface area contributed by atoms with Crippen LogP contribution in [0.5, 0.6) is 0 Å². The van der Waals surface area contributed by atoms with Gasteiger partial charge in [0.05, 0.1) is 5.69 Å². The number of hydrogen-bond donors (Lipinski definition) is 3. The minimum Gasteiger partial charge on any atom is -0.375 e. The number of rotatable bonds is 3. The zero-order valence-corrected chi connectivity index (χ0v) is 11.9. The molecule has 0 radical (unpaired) electrons. The predicted octanol–water partition coefficient (Wildman–Crippen LogP) is 2.24. The van der Waals surface area contributed by atoms with Gasteiger partial charge in [0.25, 0.3) is 5.91 Å². The van der Waals surface area contributed by atoms with Crippen molar-refractivity contribution in [2.45, 2.75) is 13.8 Å². The van der Waals surface area contributed by atoms with Gasteiger partial charge in [-0.1, -0.05) is 17.4 Å². The smallest absolute Gasteiger partial charge is 0.267 e. The molecular formula is C13H14N4O2S. The standard InChI is InChI=1S/C13H14N4O2S/c1-7-11(20-13(14)15-7)12(19)17-10-5-3-4-9(6-10)16-8(2)18/h3-6H,1-2H3,(H2,14,15)(H,16,18)(H,17,19). The molecule has 4 N–H and O–H groups in total. The summed E-state index contributed by atoms with van der Waals surface area (Å²) in [4.78, 5) is 27.6. The van der Waals surface area contributed by atoms with Crippen LogP contribution in [0, 0.1) is 6.92 Å². The Hall–Kier alpha value is -2.41. The maximum absolute atomic E-state index is 12.1. The molecular weight excluding hydrogens is 276 g/mol. The van der Waals surface area contributed by atoms with Gasteiger partial charge in [-0.05, 0) is 25.1 Å². The second-order valence-electron chi connectivity index (χ2n) is 4.18. The molecule has 104 valence electrons. The highest BCUT2D eigenvalue weighted by atomic mass is 32.1. The highest BCUT2D eigenvalue weighted by molar-refractivity contribution is 7.17. The van der Waals surface area contributed by atoms with Crippen LogP contribution in [0.15, 0.2) is 24.3 Å². The van der Waals surface area contributed by atoms with Crippen molar-refractivity contribution in [3.05, 3.63) is 34.8 Å². The van der Waals surface area contributed by atoms with E-state index in [0.717, 1.165) is 11.3 Å². The summed E-state index contributed by atoms with van der Waals surface area (Å²) >= 11 is 1.14. The number of amides is 2. The van der Waals surface area contributed by atoms with Crippen molar-refractivity contribution in [1.29, 1.82) is 0 Å². The van der Waals surface area contributed by atoms with E-state index in [9.17, 15) is 9.59 Å². The Morgan fingerprint density at radius 3 is 2.45 bits per heavy atom. The van der Waals surface area contributed by atoms with Gasteiger partial charge >= 0.3 is 0 Å². The van der Waals surface area contributed by atoms with E-state index in [1.807, 2.05) is 0 Å². The molecule has 7 heteroatoms. The SMILES string of the molecule is CC(=O)Nc1cccc(NC(=O)c2sc(N)nc2C)c1. The molecule has 0 spiro atoms. The lowest BCUT2D eigenvalue weighted by Crippen LogP contribution is -2.12. The van der Waals surface area contributed by atoms with Crippen LogP contribution in [0.25, 0.3) is 0 Å². The van der Waals surface area contributed by atoms with Crippen LogP contribution in [-0.2, 0) is 4.79 Å². The third-order valence-corrected chi connectivity index (χ3v) is 3.45. The predicted molar refractivity (Wildman–Crippen MR) is 80.0 cm³/mol. The Kier molecular flexibility index (Phi) is 3.99. The molecule has 2 amide bonds. The molecule has 0 saturated carbocycles. The summed E-state index contributed by atoms with van der Waals surface area (Å²) in [6.07, 6.45) is 0. The first-order valence-electron chi connectivity index (χ1n) is 5.87. The van der Waals surface area contributed by atoms with Crippen LogP contribution in [0.3, 0.4) is 0 Å². The number of nitrogen functional groups attached to an aromatic ring is 1. The fourth-order valence-electron chi connectivity index (χ4n) is 1.69. The number of hydrogen-bond acceptors (Lipinski definition) is 5. The summed E-state index contributed by atoms with van der Waals surface area (Å²) < 4.78 is 0. The van der Waals surface area contributed by atoms with Gasteiger partial charge in [0, 0.05) is 18.3 Å². The summed E-state index contributed by atoms with van der Waals surface area (Å²) in [7, 11) is 0. The molecule has 1 aromatic carbocycles. The zero-order chi connectivity index (χ0) is 14.7. The van der Waals surface area contributed by atoms with E-state index >= 15 is 0 Å². The average Bonchev–Trinajstić information content (AvgIpc) is 2.68. The molecule has 0 saturated heterocycles. The highest BCUT2D eigenvalue weighted by Crippen LogP contribution is 2.22. The van der Waals surface area contributed by atoms with E-state index in [-0.39, 0.29) is 11.8 Å². The molecule has 0 bridgehead atoms. The summed E-state index contributed by atoms with van der Waals surface area (Å²) in [6.45, 7) is 3.16. The number of aromatic nitrogens is 1. The molecule has 1 aromatic heterocycles. The van der Waals surface area contributed by atoms with Crippen molar-refractivity contribution in [1.82, 2.24) is 4.98 Å². The highest BCUT2D eigenvalue weighted by Gasteiger charge is 2.14. The minimum absolute atomic E-state index is 0.167. The number of nitrogens with two attached hydrogens (primary N) is 1. The first-order valence-corrected chi connectivity index (χ1v) is 6.69. The lowest BCUT2D eigenvalue weighted by Gasteiger charge is -2.07. The maximum atomic E-state index is 12.1. The Bertz CT molecular complexity index is 666. The Morgan fingerprint density at radius 2 is 1.90 bits per heavy atom. The van der Waals surface area contributed by atoms with Crippen molar-refractivity contribution in [3.63, 3.8) is 0 Å². The van der Waals surface area contributed by atoms with E-state index in [0.29, 0.717) is 27.1 Å². The van der Waals surface area contributed by atoms with Crippen LogP contribution >= 0.6 is 11.3 Å². The van der Waals surface area contributed by atoms with Crippen LogP contribution in [-0.4, -0.2) is 16.8 Å². The lowest BCUT2D eigenvalue weighted by atomic mass is 10.2. The third-order valence-electron chi connectivity index (χ3n) is 2.46. The third kappa shape index (κ3) is 3.33. The number of anilines is 3. The molecule has 0 fully saturated rings. The normalized spacial score (nSPS) is 10.1. The van der Waals surface area contributed by atoms with E-state index in [1.54, 1.807) is 31.2 Å². The monoisotopic (exact) mass is 290 g/mol. The molecule has 0 aliphatic heterocycles. The van der Waals surface area contributed by atoms with Gasteiger partial charge in [-0.2, -0.15) is 0 Å². The second kappa shape index (κ2) is 5.70. The Labute approximate surface area is 120 Å². The molecule has 20 heavy (non-hydrogen) atoms. The van der Waals surface area contributed by atoms with Gasteiger partial charge in [0.15, 0.2) is 5.13 Å². The lowest BCUT2D eigenvalue weighted by molar-refractivity contribution is -0.114. The molecule has 0 aliphatic rings. The molecule has 2 aromatic rings. The fourth-order valence-corrected chi connectivity index (χ4v) is 2.42. The molecule has 0 atom stereocenters. The average molecular weight is 290 g/mol. The van der Waals surface area contributed by atoms with Crippen LogP contribution in [0.2, 0.25) is 0 Å². The molecule has 0 unspecified atom stereocenters. The van der Waals surface area contributed by atoms with Crippen LogP contribution < -0.4 is 16.4 Å². The Balaban J connectivity index is 2.15. The van der Waals surface area contributed by atoms with Crippen LogP contribution in [0.1, 0.15) is 22.3 Å². The first kappa shape index (κ1) is 14.0. The maximum Gasteiger partial charge on any atom is 0.267 e. The fraction of sp³-hybridized carbons (Fsp3) is 0.154. The summed E-state index contributed by atoms with van der Waals surface area (Å²) in [6, 6.07) is 6.91. The number of aryl methyl sites for hydroxylation is 1. The minimum atomic E-state index is -0.267. The quantitative estimate of drug-likeness (QED) is 0.807. The van der Waals surface area contributed by atoms with Gasteiger partial charge < -0.3 is 16.4 Å². The number of carbonyl (C=O) groups excluding carboxylic acids is 2. The largest absolute Gasteiger partial charge is 0.375 e. The van der Waals surface area contributed by atoms with Gasteiger partial charge in [0.2, 0.25) is 5.91 Å². The van der Waals surface area contributed by atoms with Crippen molar-refractivity contribution in [2.24, 2.45) is 0 Å². The molecule has 1 heterocycles. The van der Waals surface area contributed by atoms with E-state index in [1.165, 1.54) is 6.92 Å². The van der Waals surface area contributed by atoms with Crippen molar-refractivity contribution >= 4 is 39.7 Å². The van der Waals surface area contributed by atoms with E-state index in [4.69, 9.17) is 5.73 Å². The van der Waals surface area contributed by atoms with Crippen molar-refractivity contribution in [3.8, 4) is 0 Å². The van der Waals surface area contributed by atoms with Crippen molar-refractivity contribution < 1.29 is 9.59 Å². The van der Waals surface area contributed by atoms with Gasteiger partial charge in [-0.15, -0.1) is 0 Å². The molecule has 6 nitrogen and oxygen atoms in total. The second-order valence-corrected chi connectivity index (χ2v) is 5.21. The van der Waals surface area contributed by atoms with Gasteiger partial charge in [-0.3, -0.25) is 9.59 Å². The number of carbonyl (C=O) groups is 2. The Morgan fingerprint density at radius 1 is 1.25 bits per heavy atom. The molecule has 0 aliphatic carbocycles. The molecule has 2 rings (SSSR count). The number of nitrogens with one attached hydrogen (secondary N) is 2. The topological polar surface area (TPSA) is 97.1 Å². The zero-order valence-electron chi connectivity index (χ0n) is 11.1. The van der Waals surface area contributed by atoms with Gasteiger partial charge in [0.1, 0.15) is 4.88 Å². The summed E-state index contributed by atoms with van der Waals surface area (Å²) in [5.74, 6) is -0.434. The van der Waals surface area contributed by atoms with Gasteiger partial charge in [-0.25, -0.2) is 4.98 Å². The van der Waals surface area contributed by atoms with Crippen LogP contribution in [0.4, 0.5) is 16.5 Å². The number of nitrogens with zero attached hydrogens (tertiary/aromatic N) is 1. The number of benzene rings is 1. The number of thiazole rings is 1.